The van der Waals surface area contributed by atoms with E-state index in [4.69, 9.17) is 10.5 Å². The smallest absolute Gasteiger partial charge is 0.123 e. The van der Waals surface area contributed by atoms with E-state index >= 15 is 0 Å². The number of hydrogen-bond donors (Lipinski definition) is 1. The average molecular weight is 286 g/mol. The number of rotatable bonds is 3. The zero-order valence-corrected chi connectivity index (χ0v) is 12.0. The van der Waals surface area contributed by atoms with Gasteiger partial charge in [0, 0.05) is 16.6 Å². The van der Waals surface area contributed by atoms with E-state index in [1.807, 2.05) is 0 Å². The zero-order valence-electron chi connectivity index (χ0n) is 10.4. The Hall–Kier alpha value is -0.540. The molecule has 0 aliphatic heterocycles. The van der Waals surface area contributed by atoms with E-state index in [1.54, 1.807) is 0 Å². The summed E-state index contributed by atoms with van der Waals surface area (Å²) in [5, 5.41) is 0. The highest BCUT2D eigenvalue weighted by Crippen LogP contribution is 2.35. The summed E-state index contributed by atoms with van der Waals surface area (Å²) in [7, 11) is 0. The summed E-state index contributed by atoms with van der Waals surface area (Å²) in [6.07, 6.45) is 0. The van der Waals surface area contributed by atoms with E-state index in [9.17, 15) is 0 Å². The first-order chi connectivity index (χ1) is 7.36. The molecule has 0 bridgehead atoms. The fourth-order valence-corrected chi connectivity index (χ4v) is 1.87. The van der Waals surface area contributed by atoms with Gasteiger partial charge in [0.1, 0.15) is 12.4 Å². The predicted molar refractivity (Wildman–Crippen MR) is 72.1 cm³/mol. The van der Waals surface area contributed by atoms with E-state index < -0.39 is 0 Å². The maximum absolute atomic E-state index is 5.70. The fraction of sp³-hybridized carbons (Fsp3) is 0.538. The van der Waals surface area contributed by atoms with E-state index in [-0.39, 0.29) is 5.41 Å². The topological polar surface area (TPSA) is 35.2 Å². The summed E-state index contributed by atoms with van der Waals surface area (Å²) in [6.45, 7) is 9.70. The summed E-state index contributed by atoms with van der Waals surface area (Å²) in [4.78, 5) is 0. The van der Waals surface area contributed by atoms with Crippen LogP contribution in [0.4, 0.5) is 0 Å². The Labute approximate surface area is 106 Å². The summed E-state index contributed by atoms with van der Waals surface area (Å²) < 4.78 is 6.83. The molecule has 0 aliphatic carbocycles. The van der Waals surface area contributed by atoms with Crippen molar-refractivity contribution in [2.75, 3.05) is 13.2 Å². The molecule has 2 N–H and O–H groups in total. The second-order valence-electron chi connectivity index (χ2n) is 4.98. The van der Waals surface area contributed by atoms with Crippen LogP contribution in [0.15, 0.2) is 16.6 Å². The van der Waals surface area contributed by atoms with E-state index in [2.05, 4.69) is 55.8 Å². The van der Waals surface area contributed by atoms with Crippen LogP contribution in [0.5, 0.6) is 5.75 Å². The van der Waals surface area contributed by atoms with Crippen LogP contribution < -0.4 is 10.5 Å². The number of nitrogens with two attached hydrogens (primary N) is 1. The molecule has 0 fully saturated rings. The van der Waals surface area contributed by atoms with Crippen LogP contribution in [-0.2, 0) is 5.41 Å². The Morgan fingerprint density at radius 1 is 1.31 bits per heavy atom. The second kappa shape index (κ2) is 5.19. The molecule has 1 rings (SSSR count). The van der Waals surface area contributed by atoms with E-state index in [1.165, 1.54) is 11.1 Å². The first-order valence-corrected chi connectivity index (χ1v) is 6.29. The molecule has 90 valence electrons. The van der Waals surface area contributed by atoms with E-state index in [0.29, 0.717) is 13.2 Å². The maximum atomic E-state index is 5.70. The molecule has 1 aromatic rings. The third-order valence-corrected chi connectivity index (χ3v) is 3.30. The zero-order chi connectivity index (χ0) is 12.3. The molecule has 0 heterocycles. The first-order valence-electron chi connectivity index (χ1n) is 5.49. The van der Waals surface area contributed by atoms with Crippen molar-refractivity contribution in [2.24, 2.45) is 5.73 Å². The standard InChI is InChI=1S/C13H20BrNO/c1-9-7-12(16-6-5-15)10(8-11(9)14)13(2,3)4/h7-8H,5-6,15H2,1-4H3. The van der Waals surface area contributed by atoms with Crippen molar-refractivity contribution in [3.05, 3.63) is 27.7 Å². The highest BCUT2D eigenvalue weighted by molar-refractivity contribution is 9.10. The van der Waals surface area contributed by atoms with Gasteiger partial charge >= 0.3 is 0 Å². The van der Waals surface area contributed by atoms with Crippen LogP contribution in [0.1, 0.15) is 31.9 Å². The Morgan fingerprint density at radius 3 is 2.44 bits per heavy atom. The molecule has 3 heteroatoms. The van der Waals surface area contributed by atoms with E-state index in [0.717, 1.165) is 10.2 Å². The van der Waals surface area contributed by atoms with Crippen LogP contribution in [0, 0.1) is 6.92 Å². The lowest BCUT2D eigenvalue weighted by molar-refractivity contribution is 0.318. The molecule has 0 amide bonds. The largest absolute Gasteiger partial charge is 0.492 e. The molecular formula is C13H20BrNO. The molecule has 0 aromatic heterocycles. The Kier molecular flexibility index (Phi) is 4.39. The molecule has 0 saturated carbocycles. The highest BCUT2D eigenvalue weighted by Gasteiger charge is 2.20. The lowest BCUT2D eigenvalue weighted by Gasteiger charge is -2.23. The quantitative estimate of drug-likeness (QED) is 0.924. The van der Waals surface area contributed by atoms with Crippen molar-refractivity contribution in [1.82, 2.24) is 0 Å². The summed E-state index contributed by atoms with van der Waals surface area (Å²) in [6, 6.07) is 4.21. The van der Waals surface area contributed by atoms with Crippen LogP contribution in [-0.4, -0.2) is 13.2 Å². The summed E-state index contributed by atoms with van der Waals surface area (Å²) in [5.74, 6) is 0.943. The minimum absolute atomic E-state index is 0.0696. The molecule has 0 saturated heterocycles. The molecule has 2 nitrogen and oxygen atoms in total. The maximum Gasteiger partial charge on any atom is 0.123 e. The monoisotopic (exact) mass is 285 g/mol. The van der Waals surface area contributed by atoms with Crippen LogP contribution in [0.2, 0.25) is 0 Å². The van der Waals surface area contributed by atoms with Gasteiger partial charge in [-0.25, -0.2) is 0 Å². The van der Waals surface area contributed by atoms with Gasteiger partial charge in [-0.1, -0.05) is 36.7 Å². The van der Waals surface area contributed by atoms with Gasteiger partial charge in [-0.15, -0.1) is 0 Å². The molecule has 0 spiro atoms. The fourth-order valence-electron chi connectivity index (χ4n) is 1.53. The normalized spacial score (nSPS) is 11.6. The van der Waals surface area contributed by atoms with Gasteiger partial charge in [-0.2, -0.15) is 0 Å². The lowest BCUT2D eigenvalue weighted by atomic mass is 9.86. The second-order valence-corrected chi connectivity index (χ2v) is 5.84. The number of benzene rings is 1. The predicted octanol–water partition coefficient (Wildman–Crippen LogP) is 3.39. The lowest BCUT2D eigenvalue weighted by Crippen LogP contribution is -2.17. The van der Waals surface area contributed by atoms with Gasteiger partial charge in [0.15, 0.2) is 0 Å². The van der Waals surface area contributed by atoms with Gasteiger partial charge in [-0.05, 0) is 30.0 Å². The van der Waals surface area contributed by atoms with Gasteiger partial charge in [-0.3, -0.25) is 0 Å². The SMILES string of the molecule is Cc1cc(OCCN)c(C(C)(C)C)cc1Br. The third-order valence-electron chi connectivity index (χ3n) is 2.44. The molecule has 0 aliphatic rings. The van der Waals surface area contributed by atoms with Crippen molar-refractivity contribution in [3.8, 4) is 5.75 Å². The molecule has 16 heavy (non-hydrogen) atoms. The van der Waals surface area contributed by atoms with Gasteiger partial charge in [0.05, 0.1) is 0 Å². The third kappa shape index (κ3) is 3.22. The van der Waals surface area contributed by atoms with Crippen LogP contribution in [0.3, 0.4) is 0 Å². The van der Waals surface area contributed by atoms with Crippen molar-refractivity contribution in [1.29, 1.82) is 0 Å². The number of ether oxygens (including phenoxy) is 1. The van der Waals surface area contributed by atoms with Gasteiger partial charge < -0.3 is 10.5 Å². The van der Waals surface area contributed by atoms with Crippen LogP contribution in [0.25, 0.3) is 0 Å². The Bertz CT molecular complexity index is 369. The Morgan fingerprint density at radius 2 is 1.94 bits per heavy atom. The molecule has 0 atom stereocenters. The molecule has 1 aromatic carbocycles. The average Bonchev–Trinajstić information content (AvgIpc) is 2.17. The van der Waals surface area contributed by atoms with Crippen molar-refractivity contribution in [2.45, 2.75) is 33.1 Å². The minimum Gasteiger partial charge on any atom is -0.492 e. The summed E-state index contributed by atoms with van der Waals surface area (Å²) >= 11 is 3.56. The van der Waals surface area contributed by atoms with Gasteiger partial charge in [0.2, 0.25) is 0 Å². The van der Waals surface area contributed by atoms with Crippen molar-refractivity contribution >= 4 is 15.9 Å². The number of aryl methyl sites for hydroxylation is 1. The van der Waals surface area contributed by atoms with Gasteiger partial charge in [0.25, 0.3) is 0 Å². The first kappa shape index (κ1) is 13.5. The number of halogens is 1. The van der Waals surface area contributed by atoms with Crippen LogP contribution >= 0.6 is 15.9 Å². The van der Waals surface area contributed by atoms with Crippen molar-refractivity contribution < 1.29 is 4.74 Å². The molecular weight excluding hydrogens is 266 g/mol. The van der Waals surface area contributed by atoms with Crippen molar-refractivity contribution in [3.63, 3.8) is 0 Å². The molecule has 0 unspecified atom stereocenters. The minimum atomic E-state index is 0.0696. The highest BCUT2D eigenvalue weighted by atomic mass is 79.9. The Balaban J connectivity index is 3.17. The molecule has 0 radical (unpaired) electrons. The summed E-state index contributed by atoms with van der Waals surface area (Å²) in [5.41, 5.74) is 7.93. The number of hydrogen-bond acceptors (Lipinski definition) is 2.